The zero-order chi connectivity index (χ0) is 28.9. The third-order valence-corrected chi connectivity index (χ3v) is 6.95. The summed E-state index contributed by atoms with van der Waals surface area (Å²) < 4.78 is 36.7. The number of amides is 1. The molecule has 1 aliphatic rings. The number of nitrogens with one attached hydrogen (secondary N) is 2. The Hall–Kier alpha value is -4.71. The van der Waals surface area contributed by atoms with Crippen molar-refractivity contribution >= 4 is 29.1 Å². The minimum atomic E-state index is -1.24. The number of aromatic nitrogens is 3. The fraction of sp³-hybridized carbons (Fsp3) is 0.276. The summed E-state index contributed by atoms with van der Waals surface area (Å²) in [6, 6.07) is 13.7. The molecule has 0 spiro atoms. The van der Waals surface area contributed by atoms with Crippen molar-refractivity contribution in [3.63, 3.8) is 0 Å². The van der Waals surface area contributed by atoms with E-state index < -0.39 is 30.0 Å². The van der Waals surface area contributed by atoms with E-state index in [0.717, 1.165) is 18.5 Å². The maximum Gasteiger partial charge on any atom is 0.270 e. The quantitative estimate of drug-likeness (QED) is 0.180. The van der Waals surface area contributed by atoms with Crippen LogP contribution in [0.1, 0.15) is 41.4 Å². The second-order valence-electron chi connectivity index (χ2n) is 9.71. The Bertz CT molecular complexity index is 1610. The molecule has 2 aromatic heterocycles. The van der Waals surface area contributed by atoms with Crippen LogP contribution < -0.4 is 15.8 Å². The highest BCUT2D eigenvalue weighted by Crippen LogP contribution is 2.40. The predicted octanol–water partition coefficient (Wildman–Crippen LogP) is 3.78. The van der Waals surface area contributed by atoms with Crippen LogP contribution in [-0.4, -0.2) is 63.2 Å². The number of ether oxygens (including phenoxy) is 1. The summed E-state index contributed by atoms with van der Waals surface area (Å²) in [5.41, 5.74) is 8.47. The minimum absolute atomic E-state index is 0.0796. The summed E-state index contributed by atoms with van der Waals surface area (Å²) in [4.78, 5) is 25.5. The van der Waals surface area contributed by atoms with Crippen LogP contribution in [0.3, 0.4) is 0 Å². The van der Waals surface area contributed by atoms with Crippen molar-refractivity contribution in [1.29, 1.82) is 5.41 Å². The number of imidazole rings is 1. The van der Waals surface area contributed by atoms with Gasteiger partial charge >= 0.3 is 0 Å². The molecule has 10 nitrogen and oxygen atoms in total. The van der Waals surface area contributed by atoms with Gasteiger partial charge in [-0.2, -0.15) is 0 Å². The zero-order valence-corrected chi connectivity index (χ0v) is 22.0. The van der Waals surface area contributed by atoms with Gasteiger partial charge in [-0.1, -0.05) is 12.1 Å². The first kappa shape index (κ1) is 27.8. The number of amidine groups is 1. The monoisotopic (exact) mass is 561 g/mol. The van der Waals surface area contributed by atoms with Gasteiger partial charge in [-0.3, -0.25) is 15.2 Å². The van der Waals surface area contributed by atoms with Crippen LogP contribution in [0, 0.1) is 11.2 Å². The van der Waals surface area contributed by atoms with E-state index in [0.29, 0.717) is 40.2 Å². The molecule has 3 unspecified atom stereocenters. The Labute approximate surface area is 234 Å². The van der Waals surface area contributed by atoms with E-state index >= 15 is 4.39 Å². The number of aliphatic hydroxyl groups is 1. The SMILES string of the molecule is N=CN=C(N)c1ccc2nc(-c3ccccc3OCCO)n(C3CC(F)CC(NC(=O)c4cc(F)ccn4)C3)c2c1. The first-order valence-corrected chi connectivity index (χ1v) is 13.1. The summed E-state index contributed by atoms with van der Waals surface area (Å²) in [5, 5.41) is 19.4. The fourth-order valence-corrected chi connectivity index (χ4v) is 5.23. The van der Waals surface area contributed by atoms with Crippen molar-refractivity contribution in [2.45, 2.75) is 37.5 Å². The van der Waals surface area contributed by atoms with Gasteiger partial charge in [0.2, 0.25) is 0 Å². The van der Waals surface area contributed by atoms with E-state index in [1.807, 2.05) is 16.7 Å². The van der Waals surface area contributed by atoms with Gasteiger partial charge in [-0.25, -0.2) is 18.8 Å². The number of carbonyl (C=O) groups excluding carboxylic acids is 1. The molecular formula is C29H29F2N7O3. The first-order chi connectivity index (χ1) is 19.9. The number of nitrogens with two attached hydrogens (primary N) is 1. The highest BCUT2D eigenvalue weighted by Gasteiger charge is 2.34. The molecule has 2 aromatic carbocycles. The van der Waals surface area contributed by atoms with Crippen LogP contribution in [0.5, 0.6) is 5.75 Å². The normalized spacial score (nSPS) is 19.2. The smallest absolute Gasteiger partial charge is 0.270 e. The lowest BCUT2D eigenvalue weighted by molar-refractivity contribution is 0.0889. The predicted molar refractivity (Wildman–Crippen MR) is 150 cm³/mol. The number of alkyl halides is 1. The number of halogens is 2. The molecule has 41 heavy (non-hydrogen) atoms. The topological polar surface area (TPSA) is 152 Å². The van der Waals surface area contributed by atoms with Crippen molar-refractivity contribution < 1.29 is 23.4 Å². The Morgan fingerprint density at radius 2 is 2.05 bits per heavy atom. The summed E-state index contributed by atoms with van der Waals surface area (Å²) in [6.07, 6.45) is 1.45. The van der Waals surface area contributed by atoms with E-state index in [4.69, 9.17) is 20.9 Å². The molecule has 1 fully saturated rings. The van der Waals surface area contributed by atoms with Crippen molar-refractivity contribution in [1.82, 2.24) is 19.9 Å². The highest BCUT2D eigenvalue weighted by molar-refractivity contribution is 6.03. The van der Waals surface area contributed by atoms with Crippen LogP contribution in [0.15, 0.2) is 65.8 Å². The van der Waals surface area contributed by atoms with E-state index in [2.05, 4.69) is 15.3 Å². The van der Waals surface area contributed by atoms with Gasteiger partial charge in [-0.15, -0.1) is 0 Å². The van der Waals surface area contributed by atoms with Gasteiger partial charge in [0.25, 0.3) is 5.91 Å². The maximum atomic E-state index is 15.3. The van der Waals surface area contributed by atoms with Crippen molar-refractivity contribution in [3.05, 3.63) is 77.9 Å². The van der Waals surface area contributed by atoms with Gasteiger partial charge in [0.15, 0.2) is 0 Å². The molecular weight excluding hydrogens is 532 g/mol. The van der Waals surface area contributed by atoms with Gasteiger partial charge in [0.1, 0.15) is 48.0 Å². The standard InChI is InChI=1S/C29H29F2N7O3/c30-18-7-8-34-24(14-18)29(40)36-20-12-19(31)13-21(15-20)38-25-11-17(27(33)35-16-32)5-6-23(25)37-28(38)22-3-1-2-4-26(22)41-10-9-39/h1-8,11,14,16,19-21,39H,9-10,12-13,15H2,(H,36,40)(H3,32,33,35). The zero-order valence-electron chi connectivity index (χ0n) is 22.0. The van der Waals surface area contributed by atoms with Crippen LogP contribution in [0.25, 0.3) is 22.4 Å². The molecule has 2 heterocycles. The van der Waals surface area contributed by atoms with Gasteiger partial charge < -0.3 is 25.5 Å². The Balaban J connectivity index is 1.58. The maximum absolute atomic E-state index is 15.3. The summed E-state index contributed by atoms with van der Waals surface area (Å²) in [6.45, 7) is -0.0936. The average molecular weight is 562 g/mol. The van der Waals surface area contributed by atoms with Crippen LogP contribution in [-0.2, 0) is 0 Å². The molecule has 5 rings (SSSR count). The molecule has 5 N–H and O–H groups in total. The largest absolute Gasteiger partial charge is 0.490 e. The lowest BCUT2D eigenvalue weighted by Gasteiger charge is -2.34. The van der Waals surface area contributed by atoms with Crippen LogP contribution >= 0.6 is 0 Å². The van der Waals surface area contributed by atoms with Crippen molar-refractivity contribution in [2.75, 3.05) is 13.2 Å². The third kappa shape index (κ3) is 6.07. The number of hydrogen-bond acceptors (Lipinski definition) is 6. The van der Waals surface area contributed by atoms with Crippen LogP contribution in [0.4, 0.5) is 8.78 Å². The number of aliphatic imine (C=N–C) groups is 1. The third-order valence-electron chi connectivity index (χ3n) is 6.95. The number of aliphatic hydroxyl groups excluding tert-OH is 1. The van der Waals surface area contributed by atoms with E-state index in [-0.39, 0.29) is 37.6 Å². The van der Waals surface area contributed by atoms with Crippen LogP contribution in [0.2, 0.25) is 0 Å². The number of benzene rings is 2. The average Bonchev–Trinajstić information content (AvgIpc) is 3.34. The first-order valence-electron chi connectivity index (χ1n) is 13.1. The van der Waals surface area contributed by atoms with Gasteiger partial charge in [0, 0.05) is 29.9 Å². The molecule has 212 valence electrons. The number of hydrogen-bond donors (Lipinski definition) is 4. The lowest BCUT2D eigenvalue weighted by Crippen LogP contribution is -2.42. The number of fused-ring (bicyclic) bond motifs is 1. The second kappa shape index (κ2) is 12.2. The Kier molecular flexibility index (Phi) is 8.29. The van der Waals surface area contributed by atoms with E-state index in [9.17, 15) is 14.3 Å². The van der Waals surface area contributed by atoms with Gasteiger partial charge in [0.05, 0.1) is 23.2 Å². The minimum Gasteiger partial charge on any atom is -0.490 e. The van der Waals surface area contributed by atoms with Crippen molar-refractivity contribution in [2.24, 2.45) is 10.7 Å². The summed E-state index contributed by atoms with van der Waals surface area (Å²) in [7, 11) is 0. The Morgan fingerprint density at radius 3 is 2.83 bits per heavy atom. The summed E-state index contributed by atoms with van der Waals surface area (Å²) in [5.74, 6) is -0.0169. The molecule has 0 saturated heterocycles. The molecule has 0 bridgehead atoms. The molecule has 3 atom stereocenters. The molecule has 1 amide bonds. The molecule has 1 aliphatic carbocycles. The summed E-state index contributed by atoms with van der Waals surface area (Å²) >= 11 is 0. The Morgan fingerprint density at radius 1 is 1.22 bits per heavy atom. The number of pyridine rings is 1. The molecule has 12 heteroatoms. The number of rotatable bonds is 9. The molecule has 0 aliphatic heterocycles. The number of carbonyl (C=O) groups is 1. The molecule has 1 saturated carbocycles. The fourth-order valence-electron chi connectivity index (χ4n) is 5.23. The lowest BCUT2D eigenvalue weighted by atomic mass is 9.88. The van der Waals surface area contributed by atoms with E-state index in [1.165, 1.54) is 6.20 Å². The molecule has 0 radical (unpaired) electrons. The number of para-hydroxylation sites is 1. The van der Waals surface area contributed by atoms with E-state index in [1.54, 1.807) is 30.3 Å². The number of nitrogens with zero attached hydrogens (tertiary/aromatic N) is 4. The highest BCUT2D eigenvalue weighted by atomic mass is 19.1. The van der Waals surface area contributed by atoms with Crippen molar-refractivity contribution in [3.8, 4) is 17.1 Å². The second-order valence-corrected chi connectivity index (χ2v) is 9.71. The van der Waals surface area contributed by atoms with Gasteiger partial charge in [-0.05, 0) is 55.7 Å². The molecule has 4 aromatic rings.